The third-order valence-corrected chi connectivity index (χ3v) is 4.78. The number of methoxy groups -OCH3 is 2. The van der Waals surface area contributed by atoms with Crippen molar-refractivity contribution in [2.45, 2.75) is 37.8 Å². The second-order valence-corrected chi connectivity index (χ2v) is 6.28. The molecule has 2 saturated heterocycles. The monoisotopic (exact) mass is 334 g/mol. The second kappa shape index (κ2) is 7.75. The van der Waals surface area contributed by atoms with Crippen molar-refractivity contribution < 1.29 is 19.0 Å². The summed E-state index contributed by atoms with van der Waals surface area (Å²) < 4.78 is 16.9. The van der Waals surface area contributed by atoms with Crippen LogP contribution in [0.25, 0.3) is 0 Å². The largest absolute Gasteiger partial charge is 0.493 e. The Morgan fingerprint density at radius 1 is 1.12 bits per heavy atom. The van der Waals surface area contributed by atoms with E-state index in [0.29, 0.717) is 17.2 Å². The zero-order valence-electron chi connectivity index (χ0n) is 14.4. The van der Waals surface area contributed by atoms with Crippen molar-refractivity contribution in [3.63, 3.8) is 0 Å². The van der Waals surface area contributed by atoms with Gasteiger partial charge in [-0.3, -0.25) is 4.79 Å². The molecule has 2 fully saturated rings. The van der Waals surface area contributed by atoms with E-state index in [4.69, 9.17) is 14.2 Å². The molecule has 6 heteroatoms. The molecule has 2 aliphatic heterocycles. The van der Waals surface area contributed by atoms with Crippen LogP contribution < -0.4 is 19.5 Å². The minimum atomic E-state index is 0.0109. The number of ether oxygens (including phenoxy) is 3. The maximum Gasteiger partial charge on any atom is 0.239 e. The van der Waals surface area contributed by atoms with Gasteiger partial charge in [0.1, 0.15) is 6.10 Å². The van der Waals surface area contributed by atoms with Crippen molar-refractivity contribution in [1.82, 2.24) is 10.2 Å². The highest BCUT2D eigenvalue weighted by molar-refractivity contribution is 5.82. The van der Waals surface area contributed by atoms with Crippen LogP contribution in [0.3, 0.4) is 0 Å². The van der Waals surface area contributed by atoms with Crippen LogP contribution in [0.4, 0.5) is 0 Å². The summed E-state index contributed by atoms with van der Waals surface area (Å²) in [4.78, 5) is 14.4. The average Bonchev–Trinajstić information content (AvgIpc) is 3.16. The van der Waals surface area contributed by atoms with Crippen LogP contribution in [-0.2, 0) is 4.79 Å². The van der Waals surface area contributed by atoms with Crippen LogP contribution >= 0.6 is 0 Å². The van der Waals surface area contributed by atoms with E-state index >= 15 is 0 Å². The molecular weight excluding hydrogens is 308 g/mol. The van der Waals surface area contributed by atoms with E-state index in [1.807, 2.05) is 23.1 Å². The fraction of sp³-hybridized carbons (Fsp3) is 0.611. The van der Waals surface area contributed by atoms with Gasteiger partial charge in [0.2, 0.25) is 11.7 Å². The highest BCUT2D eigenvalue weighted by atomic mass is 16.5. The fourth-order valence-corrected chi connectivity index (χ4v) is 3.41. The molecule has 3 rings (SSSR count). The third kappa shape index (κ3) is 3.59. The molecule has 0 bridgehead atoms. The standard InChI is InChI=1S/C18H26N2O4/c1-22-15-6-3-7-16(23-2)17(15)24-13-8-11-20(12-9-13)18(21)14-5-4-10-19-14/h3,6-7,13-14,19H,4-5,8-12H2,1-2H3. The number of hydrogen-bond acceptors (Lipinski definition) is 5. The molecule has 1 amide bonds. The van der Waals surface area contributed by atoms with Gasteiger partial charge < -0.3 is 24.4 Å². The Morgan fingerprint density at radius 3 is 2.33 bits per heavy atom. The summed E-state index contributed by atoms with van der Waals surface area (Å²) in [7, 11) is 3.25. The number of nitrogens with zero attached hydrogens (tertiary/aromatic N) is 1. The van der Waals surface area contributed by atoms with Gasteiger partial charge in [-0.25, -0.2) is 0 Å². The number of likely N-dealkylation sites (tertiary alicyclic amines) is 1. The molecule has 1 aromatic rings. The Morgan fingerprint density at radius 2 is 1.79 bits per heavy atom. The van der Waals surface area contributed by atoms with E-state index in [0.717, 1.165) is 45.3 Å². The first-order valence-electron chi connectivity index (χ1n) is 8.62. The van der Waals surface area contributed by atoms with Crippen LogP contribution in [-0.4, -0.2) is 56.8 Å². The van der Waals surface area contributed by atoms with E-state index < -0.39 is 0 Å². The first-order valence-corrected chi connectivity index (χ1v) is 8.62. The van der Waals surface area contributed by atoms with Crippen LogP contribution in [0.2, 0.25) is 0 Å². The summed E-state index contributed by atoms with van der Waals surface area (Å²) in [5.74, 6) is 2.22. The maximum atomic E-state index is 12.4. The molecule has 0 spiro atoms. The number of para-hydroxylation sites is 1. The molecule has 0 radical (unpaired) electrons. The molecule has 24 heavy (non-hydrogen) atoms. The van der Waals surface area contributed by atoms with Crippen molar-refractivity contribution in [1.29, 1.82) is 0 Å². The predicted molar refractivity (Wildman–Crippen MR) is 90.8 cm³/mol. The van der Waals surface area contributed by atoms with Gasteiger partial charge in [0, 0.05) is 25.9 Å². The van der Waals surface area contributed by atoms with Gasteiger partial charge >= 0.3 is 0 Å². The molecule has 0 aliphatic carbocycles. The van der Waals surface area contributed by atoms with Gasteiger partial charge in [0.05, 0.1) is 20.3 Å². The van der Waals surface area contributed by atoms with Crippen LogP contribution in [0.5, 0.6) is 17.2 Å². The number of amides is 1. The number of piperidine rings is 1. The zero-order chi connectivity index (χ0) is 16.9. The lowest BCUT2D eigenvalue weighted by atomic mass is 10.1. The van der Waals surface area contributed by atoms with Gasteiger partial charge in [0.15, 0.2) is 11.5 Å². The Hall–Kier alpha value is -1.95. The summed E-state index contributed by atoms with van der Waals surface area (Å²) in [5, 5.41) is 3.28. The van der Waals surface area contributed by atoms with Crippen LogP contribution in [0.1, 0.15) is 25.7 Å². The molecule has 1 unspecified atom stereocenters. The topological polar surface area (TPSA) is 60.0 Å². The van der Waals surface area contributed by atoms with E-state index in [-0.39, 0.29) is 18.1 Å². The molecule has 1 atom stereocenters. The maximum absolute atomic E-state index is 12.4. The second-order valence-electron chi connectivity index (χ2n) is 6.28. The Labute approximate surface area is 143 Å². The van der Waals surface area contributed by atoms with Crippen molar-refractivity contribution in [3.05, 3.63) is 18.2 Å². The quantitative estimate of drug-likeness (QED) is 0.890. The minimum absolute atomic E-state index is 0.0109. The summed E-state index contributed by atoms with van der Waals surface area (Å²) in [6.07, 6.45) is 3.74. The lowest BCUT2D eigenvalue weighted by Crippen LogP contribution is -2.48. The molecule has 1 aromatic carbocycles. The number of benzene rings is 1. The molecule has 2 aliphatic rings. The number of carbonyl (C=O) groups excluding carboxylic acids is 1. The fourth-order valence-electron chi connectivity index (χ4n) is 3.41. The zero-order valence-corrected chi connectivity index (χ0v) is 14.4. The lowest BCUT2D eigenvalue weighted by molar-refractivity contribution is -0.134. The molecule has 0 aromatic heterocycles. The number of nitrogens with one attached hydrogen (secondary N) is 1. The minimum Gasteiger partial charge on any atom is -0.493 e. The van der Waals surface area contributed by atoms with E-state index in [9.17, 15) is 4.79 Å². The summed E-state index contributed by atoms with van der Waals surface area (Å²) in [6.45, 7) is 2.42. The van der Waals surface area contributed by atoms with Crippen molar-refractivity contribution >= 4 is 5.91 Å². The molecule has 0 saturated carbocycles. The highest BCUT2D eigenvalue weighted by Gasteiger charge is 2.31. The predicted octanol–water partition coefficient (Wildman–Crippen LogP) is 1.83. The summed E-state index contributed by atoms with van der Waals surface area (Å²) in [5.41, 5.74) is 0. The molecule has 1 N–H and O–H groups in total. The van der Waals surface area contributed by atoms with Gasteiger partial charge in [-0.2, -0.15) is 0 Å². The Bertz CT molecular complexity index is 542. The normalized spacial score (nSPS) is 21.6. The third-order valence-electron chi connectivity index (χ3n) is 4.78. The SMILES string of the molecule is COc1cccc(OC)c1OC1CCN(C(=O)C2CCCN2)CC1. The number of carbonyl (C=O) groups is 1. The highest BCUT2D eigenvalue weighted by Crippen LogP contribution is 2.38. The van der Waals surface area contributed by atoms with E-state index in [2.05, 4.69) is 5.32 Å². The van der Waals surface area contributed by atoms with Crippen molar-refractivity contribution in [2.24, 2.45) is 0 Å². The first-order chi connectivity index (χ1) is 11.7. The smallest absolute Gasteiger partial charge is 0.239 e. The molecule has 6 nitrogen and oxygen atoms in total. The lowest BCUT2D eigenvalue weighted by Gasteiger charge is -2.34. The average molecular weight is 334 g/mol. The Kier molecular flexibility index (Phi) is 5.45. The van der Waals surface area contributed by atoms with Crippen LogP contribution in [0, 0.1) is 0 Å². The number of rotatable bonds is 5. The Balaban J connectivity index is 1.58. The molecule has 132 valence electrons. The first kappa shape index (κ1) is 16.9. The number of hydrogen-bond donors (Lipinski definition) is 1. The van der Waals surface area contributed by atoms with Crippen molar-refractivity contribution in [3.8, 4) is 17.2 Å². The van der Waals surface area contributed by atoms with Gasteiger partial charge in [0.25, 0.3) is 0 Å². The van der Waals surface area contributed by atoms with E-state index in [1.54, 1.807) is 14.2 Å². The van der Waals surface area contributed by atoms with Gasteiger partial charge in [-0.1, -0.05) is 6.07 Å². The molecule has 2 heterocycles. The van der Waals surface area contributed by atoms with Gasteiger partial charge in [-0.05, 0) is 31.5 Å². The van der Waals surface area contributed by atoms with Gasteiger partial charge in [-0.15, -0.1) is 0 Å². The van der Waals surface area contributed by atoms with Crippen LogP contribution in [0.15, 0.2) is 18.2 Å². The molecular formula is C18H26N2O4. The van der Waals surface area contributed by atoms with Crippen molar-refractivity contribution in [2.75, 3.05) is 33.9 Å². The summed E-state index contributed by atoms with van der Waals surface area (Å²) >= 11 is 0. The summed E-state index contributed by atoms with van der Waals surface area (Å²) in [6, 6.07) is 5.61. The van der Waals surface area contributed by atoms with E-state index in [1.165, 1.54) is 0 Å².